The molecule has 0 radical (unpaired) electrons. The lowest BCUT2D eigenvalue weighted by Crippen LogP contribution is -2.47. The molecule has 0 spiro atoms. The number of nitrogens with zero attached hydrogens (tertiary/aromatic N) is 2. The number of carbonyl (C=O) groups is 1. The molecule has 0 unspecified atom stereocenters. The molecule has 0 saturated carbocycles. The zero-order valence-corrected chi connectivity index (χ0v) is 15.8. The second-order valence-electron chi connectivity index (χ2n) is 5.73. The Morgan fingerprint density at radius 1 is 1.46 bits per heavy atom. The summed E-state index contributed by atoms with van der Waals surface area (Å²) in [5.74, 6) is -0.271. The van der Waals surface area contributed by atoms with Crippen molar-refractivity contribution < 1.29 is 9.72 Å². The summed E-state index contributed by atoms with van der Waals surface area (Å²) in [6, 6.07) is 4.65. The fraction of sp³-hybridized carbons (Fsp3) is 0.333. The quantitative estimate of drug-likeness (QED) is 0.557. The summed E-state index contributed by atoms with van der Waals surface area (Å²) in [6.07, 6.45) is 0. The van der Waals surface area contributed by atoms with Crippen LogP contribution in [0.15, 0.2) is 28.1 Å². The average molecular weight is 413 g/mol. The first-order chi connectivity index (χ1) is 11.2. The molecule has 7 nitrogen and oxygen atoms in total. The number of rotatable bonds is 6. The molecule has 1 amide bonds. The largest absolute Gasteiger partial charge is 0.366 e. The van der Waals surface area contributed by atoms with Gasteiger partial charge in [0.15, 0.2) is 0 Å². The molecule has 9 heteroatoms. The van der Waals surface area contributed by atoms with Crippen LogP contribution >= 0.6 is 27.3 Å². The van der Waals surface area contributed by atoms with Crippen LogP contribution in [0.25, 0.3) is 0 Å². The highest BCUT2D eigenvalue weighted by Crippen LogP contribution is 2.30. The number of nitrogens with one attached hydrogen (secondary N) is 2. The molecular formula is C15H17BrN4O3S. The van der Waals surface area contributed by atoms with Crippen molar-refractivity contribution in [1.29, 1.82) is 0 Å². The molecule has 0 atom stereocenters. The third-order valence-electron chi connectivity index (χ3n) is 3.24. The summed E-state index contributed by atoms with van der Waals surface area (Å²) >= 11 is 4.68. The Balaban J connectivity index is 2.09. The Kier molecular flexibility index (Phi) is 5.55. The number of hydrogen-bond acceptors (Lipinski definition) is 6. The number of nitro groups is 1. The van der Waals surface area contributed by atoms with Crippen molar-refractivity contribution in [2.24, 2.45) is 0 Å². The van der Waals surface area contributed by atoms with Crippen LogP contribution in [-0.2, 0) is 11.3 Å². The third-order valence-corrected chi connectivity index (χ3v) is 4.70. The van der Waals surface area contributed by atoms with Crippen LogP contribution in [-0.4, -0.2) is 21.4 Å². The topological polar surface area (TPSA) is 97.2 Å². The lowest BCUT2D eigenvalue weighted by atomic mass is 10.0. The van der Waals surface area contributed by atoms with Gasteiger partial charge in [0.05, 0.1) is 11.5 Å². The van der Waals surface area contributed by atoms with Gasteiger partial charge in [0.1, 0.15) is 16.2 Å². The first kappa shape index (κ1) is 18.3. The molecule has 0 aliphatic heterocycles. The van der Waals surface area contributed by atoms with Crippen molar-refractivity contribution in [3.63, 3.8) is 0 Å². The third kappa shape index (κ3) is 4.51. The van der Waals surface area contributed by atoms with E-state index < -0.39 is 10.5 Å². The Morgan fingerprint density at radius 2 is 2.17 bits per heavy atom. The molecule has 0 aliphatic rings. The summed E-state index contributed by atoms with van der Waals surface area (Å²) < 4.78 is 0.598. The van der Waals surface area contributed by atoms with Gasteiger partial charge >= 0.3 is 0 Å². The molecule has 0 aliphatic carbocycles. The van der Waals surface area contributed by atoms with Crippen LogP contribution in [0, 0.1) is 17.0 Å². The molecule has 2 N–H and O–H groups in total. The number of benzene rings is 1. The van der Waals surface area contributed by atoms with Crippen molar-refractivity contribution in [3.05, 3.63) is 48.9 Å². The maximum atomic E-state index is 12.4. The van der Waals surface area contributed by atoms with E-state index in [0.29, 0.717) is 11.0 Å². The number of hydrogen-bond donors (Lipinski definition) is 2. The summed E-state index contributed by atoms with van der Waals surface area (Å²) in [6.45, 7) is 5.55. The van der Waals surface area contributed by atoms with Crippen LogP contribution < -0.4 is 10.6 Å². The normalized spacial score (nSPS) is 11.2. The fourth-order valence-electron chi connectivity index (χ4n) is 2.02. The van der Waals surface area contributed by atoms with Crippen LogP contribution in [0.4, 0.5) is 11.4 Å². The zero-order valence-electron chi connectivity index (χ0n) is 13.4. The van der Waals surface area contributed by atoms with Crippen LogP contribution in [0.1, 0.15) is 24.5 Å². The number of nitro benzene ring substituents is 1. The zero-order chi connectivity index (χ0) is 17.9. The molecule has 2 rings (SSSR count). The average Bonchev–Trinajstić information content (AvgIpc) is 2.91. The molecule has 1 heterocycles. The van der Waals surface area contributed by atoms with Gasteiger partial charge in [0, 0.05) is 21.6 Å². The fourth-order valence-corrected chi connectivity index (χ4v) is 3.08. The number of anilines is 1. The van der Waals surface area contributed by atoms with Crippen molar-refractivity contribution in [2.75, 3.05) is 5.32 Å². The van der Waals surface area contributed by atoms with E-state index in [1.54, 1.807) is 26.0 Å². The summed E-state index contributed by atoms with van der Waals surface area (Å²) in [4.78, 5) is 27.4. The molecule has 2 aromatic rings. The summed E-state index contributed by atoms with van der Waals surface area (Å²) in [5, 5.41) is 19.6. The van der Waals surface area contributed by atoms with E-state index in [1.165, 1.54) is 17.4 Å². The first-order valence-electron chi connectivity index (χ1n) is 7.10. The Bertz CT molecular complexity index is 776. The van der Waals surface area contributed by atoms with E-state index in [4.69, 9.17) is 0 Å². The number of aromatic nitrogens is 1. The lowest BCUT2D eigenvalue weighted by molar-refractivity contribution is -0.384. The predicted octanol–water partition coefficient (Wildman–Crippen LogP) is 3.63. The maximum absolute atomic E-state index is 12.4. The monoisotopic (exact) mass is 412 g/mol. The van der Waals surface area contributed by atoms with Gasteiger partial charge in [-0.25, -0.2) is 4.98 Å². The molecule has 0 saturated heterocycles. The number of amides is 1. The highest BCUT2D eigenvalue weighted by Gasteiger charge is 2.30. The number of thiazole rings is 1. The molecule has 1 aromatic heterocycles. The minimum atomic E-state index is -1.02. The number of aryl methyl sites for hydroxylation is 1. The van der Waals surface area contributed by atoms with Gasteiger partial charge in [-0.2, -0.15) is 0 Å². The smallest absolute Gasteiger partial charge is 0.293 e. The van der Waals surface area contributed by atoms with E-state index in [1.807, 2.05) is 12.3 Å². The van der Waals surface area contributed by atoms with Gasteiger partial charge in [-0.05, 0) is 32.9 Å². The second kappa shape index (κ2) is 7.27. The Labute approximate surface area is 151 Å². The van der Waals surface area contributed by atoms with Gasteiger partial charge < -0.3 is 10.6 Å². The SMILES string of the molecule is Cc1csc(CNC(=O)C(C)(C)Nc2ccc(Br)cc2[N+](=O)[O-])n1. The highest BCUT2D eigenvalue weighted by molar-refractivity contribution is 9.10. The van der Waals surface area contributed by atoms with Gasteiger partial charge in [-0.3, -0.25) is 14.9 Å². The molecular weight excluding hydrogens is 396 g/mol. The maximum Gasteiger partial charge on any atom is 0.293 e. The molecule has 0 bridgehead atoms. The second-order valence-corrected chi connectivity index (χ2v) is 7.59. The molecule has 1 aromatic carbocycles. The van der Waals surface area contributed by atoms with Gasteiger partial charge in [-0.15, -0.1) is 11.3 Å². The lowest BCUT2D eigenvalue weighted by Gasteiger charge is -2.26. The summed E-state index contributed by atoms with van der Waals surface area (Å²) in [7, 11) is 0. The van der Waals surface area contributed by atoms with Gasteiger partial charge in [-0.1, -0.05) is 15.9 Å². The minimum absolute atomic E-state index is 0.0965. The minimum Gasteiger partial charge on any atom is -0.366 e. The number of carbonyl (C=O) groups excluding carboxylic acids is 1. The van der Waals surface area contributed by atoms with Gasteiger partial charge in [0.2, 0.25) is 5.91 Å². The molecule has 24 heavy (non-hydrogen) atoms. The van der Waals surface area contributed by atoms with Crippen molar-refractivity contribution >= 4 is 44.5 Å². The summed E-state index contributed by atoms with van der Waals surface area (Å²) in [5.41, 5.74) is 0.0756. The van der Waals surface area contributed by atoms with E-state index in [9.17, 15) is 14.9 Å². The number of halogens is 1. The predicted molar refractivity (Wildman–Crippen MR) is 97.2 cm³/mol. The van der Waals surface area contributed by atoms with E-state index in [0.717, 1.165) is 10.7 Å². The first-order valence-corrected chi connectivity index (χ1v) is 8.78. The van der Waals surface area contributed by atoms with Crippen molar-refractivity contribution in [1.82, 2.24) is 10.3 Å². The standard InChI is InChI=1S/C15H17BrN4O3S/c1-9-8-24-13(18-9)7-17-14(21)15(2,3)19-11-5-4-10(16)6-12(11)20(22)23/h4-6,8,19H,7H2,1-3H3,(H,17,21). The van der Waals surface area contributed by atoms with Crippen LogP contribution in [0.3, 0.4) is 0 Å². The van der Waals surface area contributed by atoms with E-state index in [2.05, 4.69) is 31.5 Å². The van der Waals surface area contributed by atoms with Crippen LogP contribution in [0.5, 0.6) is 0 Å². The van der Waals surface area contributed by atoms with E-state index in [-0.39, 0.29) is 17.3 Å². The molecule has 128 valence electrons. The molecule has 0 fully saturated rings. The Morgan fingerprint density at radius 3 is 2.75 bits per heavy atom. The van der Waals surface area contributed by atoms with E-state index >= 15 is 0 Å². The Hall–Kier alpha value is -2.00. The van der Waals surface area contributed by atoms with Crippen LogP contribution in [0.2, 0.25) is 0 Å². The van der Waals surface area contributed by atoms with Gasteiger partial charge in [0.25, 0.3) is 5.69 Å². The van der Waals surface area contributed by atoms with Crippen molar-refractivity contribution in [3.8, 4) is 0 Å². The van der Waals surface area contributed by atoms with Crippen molar-refractivity contribution in [2.45, 2.75) is 32.9 Å². The highest BCUT2D eigenvalue weighted by atomic mass is 79.9.